The Labute approximate surface area is 62.6 Å². The van der Waals surface area contributed by atoms with Crippen LogP contribution >= 0.6 is 0 Å². The first-order valence-corrected chi connectivity index (χ1v) is 3.70. The highest BCUT2D eigenvalue weighted by Gasteiger charge is 1.80. The number of aldehydes is 2. The Morgan fingerprint density at radius 3 is 1.50 bits per heavy atom. The molecule has 2 heteroatoms. The summed E-state index contributed by atoms with van der Waals surface area (Å²) in [4.78, 5) is 19.1. The van der Waals surface area contributed by atoms with Crippen LogP contribution in [0, 0.1) is 0 Å². The number of rotatable bonds is 4. The van der Waals surface area contributed by atoms with E-state index in [4.69, 9.17) is 0 Å². The molecule has 0 N–H and O–H groups in total. The summed E-state index contributed by atoms with van der Waals surface area (Å²) in [6.07, 6.45) is 4.62. The van der Waals surface area contributed by atoms with Gasteiger partial charge in [0.25, 0.3) is 0 Å². The van der Waals surface area contributed by atoms with Crippen LogP contribution in [0.25, 0.3) is 0 Å². The lowest BCUT2D eigenvalue weighted by atomic mass is 10.3. The second kappa shape index (κ2) is 15.8. The summed E-state index contributed by atoms with van der Waals surface area (Å²) in [5.41, 5.74) is 0. The van der Waals surface area contributed by atoms with Crippen molar-refractivity contribution in [2.75, 3.05) is 0 Å². The molecule has 0 rings (SSSR count). The van der Waals surface area contributed by atoms with Crippen molar-refractivity contribution in [3.05, 3.63) is 0 Å². The predicted octanol–water partition coefficient (Wildman–Crippen LogP) is 1.97. The summed E-state index contributed by atoms with van der Waals surface area (Å²) in [7, 11) is 0. The van der Waals surface area contributed by atoms with Crippen molar-refractivity contribution < 1.29 is 9.59 Å². The fourth-order valence-electron chi connectivity index (χ4n) is 0.285. The van der Waals surface area contributed by atoms with Gasteiger partial charge in [0.2, 0.25) is 0 Å². The number of hydrogen-bond donors (Lipinski definition) is 0. The molecule has 0 radical (unpaired) electrons. The molecule has 0 aromatic carbocycles. The van der Waals surface area contributed by atoms with Gasteiger partial charge in [-0.1, -0.05) is 20.3 Å². The number of carbonyl (C=O) groups is 2. The molecule has 0 fully saturated rings. The average Bonchev–Trinajstić information content (AvgIpc) is 1.91. The molecule has 0 atom stereocenters. The van der Waals surface area contributed by atoms with E-state index < -0.39 is 0 Å². The van der Waals surface area contributed by atoms with E-state index in [1.807, 2.05) is 0 Å². The van der Waals surface area contributed by atoms with E-state index >= 15 is 0 Å². The van der Waals surface area contributed by atoms with Crippen LogP contribution in [0.4, 0.5) is 0 Å². The van der Waals surface area contributed by atoms with Crippen LogP contribution in [0.15, 0.2) is 0 Å². The van der Waals surface area contributed by atoms with E-state index in [-0.39, 0.29) is 0 Å². The second-order valence-electron chi connectivity index (χ2n) is 1.97. The molecule has 60 valence electrons. The minimum absolute atomic E-state index is 0.513. The van der Waals surface area contributed by atoms with Gasteiger partial charge in [0.15, 0.2) is 0 Å². The van der Waals surface area contributed by atoms with E-state index in [0.717, 1.165) is 12.6 Å². The summed E-state index contributed by atoms with van der Waals surface area (Å²) in [5, 5.41) is 0. The van der Waals surface area contributed by atoms with Crippen molar-refractivity contribution in [1.29, 1.82) is 0 Å². The van der Waals surface area contributed by atoms with Gasteiger partial charge < -0.3 is 9.59 Å². The SMILES string of the molecule is CCC.O=CCCCC=O. The minimum atomic E-state index is 0.513. The van der Waals surface area contributed by atoms with Crippen molar-refractivity contribution in [1.82, 2.24) is 0 Å². The molecule has 2 nitrogen and oxygen atoms in total. The van der Waals surface area contributed by atoms with E-state index in [0.29, 0.717) is 19.3 Å². The Bertz CT molecular complexity index is 61.7. The van der Waals surface area contributed by atoms with Gasteiger partial charge in [-0.3, -0.25) is 0 Å². The molecule has 0 aromatic heterocycles. The monoisotopic (exact) mass is 144 g/mol. The van der Waals surface area contributed by atoms with Gasteiger partial charge in [-0.25, -0.2) is 0 Å². The quantitative estimate of drug-likeness (QED) is 0.446. The van der Waals surface area contributed by atoms with E-state index in [9.17, 15) is 9.59 Å². The van der Waals surface area contributed by atoms with Gasteiger partial charge in [-0.15, -0.1) is 0 Å². The van der Waals surface area contributed by atoms with Crippen molar-refractivity contribution in [2.45, 2.75) is 39.5 Å². The Kier molecular flexibility index (Phi) is 19.0. The smallest absolute Gasteiger partial charge is 0.120 e. The largest absolute Gasteiger partial charge is 0.303 e. The summed E-state index contributed by atoms with van der Waals surface area (Å²) in [5.74, 6) is 0. The first-order chi connectivity index (χ1) is 4.83. The van der Waals surface area contributed by atoms with Crippen molar-refractivity contribution in [3.63, 3.8) is 0 Å². The average molecular weight is 144 g/mol. The standard InChI is InChI=1S/C5H8O2.C3H8/c6-4-2-1-3-5-7;1-3-2/h4-5H,1-3H2;3H2,1-2H3. The van der Waals surface area contributed by atoms with Gasteiger partial charge in [0.1, 0.15) is 12.6 Å². The molecule has 0 aliphatic heterocycles. The predicted molar refractivity (Wildman–Crippen MR) is 41.9 cm³/mol. The van der Waals surface area contributed by atoms with E-state index in [1.165, 1.54) is 6.42 Å². The lowest BCUT2D eigenvalue weighted by molar-refractivity contribution is -0.108. The molecule has 0 amide bonds. The van der Waals surface area contributed by atoms with E-state index in [1.54, 1.807) is 0 Å². The number of unbranched alkanes of at least 4 members (excludes halogenated alkanes) is 2. The van der Waals surface area contributed by atoms with Crippen LogP contribution < -0.4 is 0 Å². The van der Waals surface area contributed by atoms with Gasteiger partial charge in [-0.2, -0.15) is 0 Å². The fourth-order valence-corrected chi connectivity index (χ4v) is 0.285. The fraction of sp³-hybridized carbons (Fsp3) is 0.750. The molecule has 0 bridgehead atoms. The molecule has 0 aromatic rings. The molecular weight excluding hydrogens is 128 g/mol. The number of hydrogen-bond acceptors (Lipinski definition) is 2. The maximum absolute atomic E-state index is 9.56. The Hall–Kier alpha value is -0.660. The number of carbonyl (C=O) groups excluding carboxylic acids is 2. The Balaban J connectivity index is 0. The molecule has 0 saturated carbocycles. The molecule has 0 aliphatic carbocycles. The maximum atomic E-state index is 9.56. The first-order valence-electron chi connectivity index (χ1n) is 3.70. The van der Waals surface area contributed by atoms with Gasteiger partial charge in [-0.05, 0) is 6.42 Å². The Morgan fingerprint density at radius 2 is 1.30 bits per heavy atom. The lowest BCUT2D eigenvalue weighted by Crippen LogP contribution is -1.76. The van der Waals surface area contributed by atoms with Crippen LogP contribution in [0.2, 0.25) is 0 Å². The maximum Gasteiger partial charge on any atom is 0.120 e. The molecule has 0 aliphatic rings. The molecule has 0 unspecified atom stereocenters. The zero-order valence-electron chi connectivity index (χ0n) is 6.80. The van der Waals surface area contributed by atoms with Crippen LogP contribution in [-0.2, 0) is 9.59 Å². The van der Waals surface area contributed by atoms with Crippen LogP contribution in [0.1, 0.15) is 39.5 Å². The van der Waals surface area contributed by atoms with Crippen molar-refractivity contribution >= 4 is 12.6 Å². The van der Waals surface area contributed by atoms with Gasteiger partial charge in [0.05, 0.1) is 0 Å². The summed E-state index contributed by atoms with van der Waals surface area (Å²) in [6, 6.07) is 0. The van der Waals surface area contributed by atoms with Crippen LogP contribution in [-0.4, -0.2) is 12.6 Å². The summed E-state index contributed by atoms with van der Waals surface area (Å²) in [6.45, 7) is 4.25. The lowest BCUT2D eigenvalue weighted by Gasteiger charge is -1.78. The third-order valence-corrected chi connectivity index (χ3v) is 0.644. The van der Waals surface area contributed by atoms with E-state index in [2.05, 4.69) is 13.8 Å². The molecule has 0 saturated heterocycles. The van der Waals surface area contributed by atoms with Gasteiger partial charge in [0, 0.05) is 12.8 Å². The van der Waals surface area contributed by atoms with Crippen molar-refractivity contribution in [2.24, 2.45) is 0 Å². The topological polar surface area (TPSA) is 34.1 Å². The van der Waals surface area contributed by atoms with Crippen LogP contribution in [0.3, 0.4) is 0 Å². The van der Waals surface area contributed by atoms with Crippen LogP contribution in [0.5, 0.6) is 0 Å². The Morgan fingerprint density at radius 1 is 1.00 bits per heavy atom. The zero-order valence-corrected chi connectivity index (χ0v) is 6.80. The first kappa shape index (κ1) is 12.1. The van der Waals surface area contributed by atoms with Gasteiger partial charge >= 0.3 is 0 Å². The highest BCUT2D eigenvalue weighted by Crippen LogP contribution is 1.85. The van der Waals surface area contributed by atoms with Crippen molar-refractivity contribution in [3.8, 4) is 0 Å². The normalized spacial score (nSPS) is 7.40. The molecule has 10 heavy (non-hydrogen) atoms. The zero-order chi connectivity index (χ0) is 8.24. The molecule has 0 heterocycles. The third kappa shape index (κ3) is 26.4. The molecule has 0 spiro atoms. The summed E-state index contributed by atoms with van der Waals surface area (Å²) >= 11 is 0. The minimum Gasteiger partial charge on any atom is -0.303 e. The highest BCUT2D eigenvalue weighted by molar-refractivity contribution is 5.52. The highest BCUT2D eigenvalue weighted by atomic mass is 16.1. The second-order valence-corrected chi connectivity index (χ2v) is 1.97. The summed E-state index contributed by atoms with van der Waals surface area (Å²) < 4.78 is 0. The third-order valence-electron chi connectivity index (χ3n) is 0.644. The molecular formula is C8H16O2.